The molecule has 0 aliphatic heterocycles. The minimum atomic E-state index is -0.139. The average molecular weight is 304 g/mol. The number of nitrogens with zero attached hydrogens (tertiary/aromatic N) is 2. The van der Waals surface area contributed by atoms with Crippen molar-refractivity contribution < 1.29 is 0 Å². The lowest BCUT2D eigenvalue weighted by molar-refractivity contribution is 0.551. The number of H-pyrrole nitrogens is 1. The summed E-state index contributed by atoms with van der Waals surface area (Å²) in [6.45, 7) is 7.97. The molecule has 5 nitrogen and oxygen atoms in total. The number of hydrogen-bond donors (Lipinski definition) is 2. The van der Waals surface area contributed by atoms with Gasteiger partial charge < -0.3 is 10.3 Å². The molecule has 0 saturated heterocycles. The predicted octanol–water partition coefficient (Wildman–Crippen LogP) is 2.37. The van der Waals surface area contributed by atoms with Gasteiger partial charge in [0, 0.05) is 24.5 Å². The van der Waals surface area contributed by atoms with Crippen LogP contribution < -0.4 is 10.9 Å². The molecule has 2 aromatic heterocycles. The summed E-state index contributed by atoms with van der Waals surface area (Å²) < 4.78 is 0. The molecular weight excluding hydrogens is 284 g/mol. The van der Waals surface area contributed by atoms with Crippen LogP contribution >= 0.6 is 11.8 Å². The Labute approximate surface area is 128 Å². The van der Waals surface area contributed by atoms with Gasteiger partial charge in [0.1, 0.15) is 5.03 Å². The zero-order valence-electron chi connectivity index (χ0n) is 12.5. The number of rotatable bonds is 6. The third-order valence-corrected chi connectivity index (χ3v) is 3.57. The fraction of sp³-hybridized carbons (Fsp3) is 0.400. The first kappa shape index (κ1) is 15.7. The monoisotopic (exact) mass is 304 g/mol. The number of hydrogen-bond acceptors (Lipinski definition) is 5. The highest BCUT2D eigenvalue weighted by Crippen LogP contribution is 2.21. The van der Waals surface area contributed by atoms with Crippen molar-refractivity contribution in [1.82, 2.24) is 20.3 Å². The Hall–Kier alpha value is -1.66. The average Bonchev–Trinajstić information content (AvgIpc) is 2.39. The van der Waals surface area contributed by atoms with E-state index in [0.29, 0.717) is 16.8 Å². The molecule has 2 rings (SSSR count). The van der Waals surface area contributed by atoms with Gasteiger partial charge in [-0.15, -0.1) is 0 Å². The maximum absolute atomic E-state index is 11.4. The van der Waals surface area contributed by atoms with Crippen LogP contribution in [0.5, 0.6) is 0 Å². The predicted molar refractivity (Wildman–Crippen MR) is 84.5 cm³/mol. The second kappa shape index (κ2) is 7.38. The second-order valence-corrected chi connectivity index (χ2v) is 6.33. The van der Waals surface area contributed by atoms with Crippen molar-refractivity contribution >= 4 is 11.8 Å². The number of aryl methyl sites for hydroxylation is 1. The van der Waals surface area contributed by atoms with Gasteiger partial charge in [0.05, 0.1) is 0 Å². The molecule has 2 heterocycles. The van der Waals surface area contributed by atoms with E-state index in [1.165, 1.54) is 17.8 Å². The van der Waals surface area contributed by atoms with E-state index in [0.717, 1.165) is 23.7 Å². The van der Waals surface area contributed by atoms with Gasteiger partial charge >= 0.3 is 0 Å². The fourth-order valence-electron chi connectivity index (χ4n) is 1.78. The van der Waals surface area contributed by atoms with E-state index in [1.807, 2.05) is 18.3 Å². The second-order valence-electron chi connectivity index (χ2n) is 5.32. The molecule has 0 atom stereocenters. The summed E-state index contributed by atoms with van der Waals surface area (Å²) in [5.74, 6) is 0.636. The lowest BCUT2D eigenvalue weighted by atomic mass is 10.2. The number of aromatic nitrogens is 3. The molecule has 0 aromatic carbocycles. The van der Waals surface area contributed by atoms with Crippen molar-refractivity contribution in [1.29, 1.82) is 0 Å². The van der Waals surface area contributed by atoms with E-state index >= 15 is 0 Å². The van der Waals surface area contributed by atoms with Crippen LogP contribution in [0.3, 0.4) is 0 Å². The summed E-state index contributed by atoms with van der Waals surface area (Å²) in [6.07, 6.45) is 1.85. The highest BCUT2D eigenvalue weighted by Gasteiger charge is 2.03. The van der Waals surface area contributed by atoms with Crippen LogP contribution in [0.2, 0.25) is 0 Å². The van der Waals surface area contributed by atoms with Crippen LogP contribution in [0.25, 0.3) is 0 Å². The van der Waals surface area contributed by atoms with Gasteiger partial charge in [0.25, 0.3) is 5.56 Å². The van der Waals surface area contributed by atoms with E-state index in [4.69, 9.17) is 0 Å². The Morgan fingerprint density at radius 2 is 2.19 bits per heavy atom. The van der Waals surface area contributed by atoms with Gasteiger partial charge in [0.2, 0.25) is 0 Å². The summed E-state index contributed by atoms with van der Waals surface area (Å²) in [6, 6.07) is 5.46. The Morgan fingerprint density at radius 3 is 2.81 bits per heavy atom. The molecule has 0 unspecified atom stereocenters. The lowest BCUT2D eigenvalue weighted by Gasteiger charge is -2.07. The standard InChI is InChI=1S/C15H20N4OS/c1-10(2)7-16-8-12-4-5-14(17-9-12)21-15-18-11(3)6-13(20)19-15/h4-6,9-10,16H,7-8H2,1-3H3,(H,18,19,20). The topological polar surface area (TPSA) is 70.7 Å². The molecule has 6 heteroatoms. The first-order valence-electron chi connectivity index (χ1n) is 6.94. The van der Waals surface area contributed by atoms with Crippen molar-refractivity contribution in [3.63, 3.8) is 0 Å². The van der Waals surface area contributed by atoms with E-state index in [2.05, 4.69) is 34.1 Å². The van der Waals surface area contributed by atoms with E-state index in [1.54, 1.807) is 6.92 Å². The Morgan fingerprint density at radius 1 is 1.38 bits per heavy atom. The highest BCUT2D eigenvalue weighted by atomic mass is 32.2. The van der Waals surface area contributed by atoms with E-state index in [9.17, 15) is 4.79 Å². The van der Waals surface area contributed by atoms with E-state index in [-0.39, 0.29) is 5.56 Å². The van der Waals surface area contributed by atoms with Gasteiger partial charge in [-0.1, -0.05) is 19.9 Å². The summed E-state index contributed by atoms with van der Waals surface area (Å²) >= 11 is 1.36. The first-order chi connectivity index (χ1) is 10.0. The van der Waals surface area contributed by atoms with Crippen LogP contribution in [-0.2, 0) is 6.54 Å². The summed E-state index contributed by atoms with van der Waals surface area (Å²) in [7, 11) is 0. The number of pyridine rings is 1. The fourth-order valence-corrected chi connectivity index (χ4v) is 2.56. The number of aromatic amines is 1. The zero-order valence-corrected chi connectivity index (χ0v) is 13.3. The molecule has 0 amide bonds. The Bertz CT molecular complexity index is 637. The Balaban J connectivity index is 1.97. The van der Waals surface area contributed by atoms with Gasteiger partial charge in [0.15, 0.2) is 5.16 Å². The largest absolute Gasteiger partial charge is 0.312 e. The molecule has 2 aromatic rings. The van der Waals surface area contributed by atoms with Crippen LogP contribution in [-0.4, -0.2) is 21.5 Å². The first-order valence-corrected chi connectivity index (χ1v) is 7.76. The van der Waals surface area contributed by atoms with Gasteiger partial charge in [-0.25, -0.2) is 9.97 Å². The number of nitrogens with one attached hydrogen (secondary N) is 2. The van der Waals surface area contributed by atoms with Crippen molar-refractivity contribution in [3.05, 3.63) is 46.0 Å². The quantitative estimate of drug-likeness (QED) is 0.802. The lowest BCUT2D eigenvalue weighted by Crippen LogP contribution is -2.18. The summed E-state index contributed by atoms with van der Waals surface area (Å²) in [4.78, 5) is 22.8. The molecule has 0 saturated carbocycles. The van der Waals surface area contributed by atoms with Crippen molar-refractivity contribution in [3.8, 4) is 0 Å². The molecule has 0 bridgehead atoms. The SMILES string of the molecule is Cc1cc(=O)[nH]c(Sc2ccc(CNCC(C)C)cn2)n1. The maximum atomic E-state index is 11.4. The molecule has 0 fully saturated rings. The van der Waals surface area contributed by atoms with Crippen LogP contribution in [0.1, 0.15) is 25.1 Å². The zero-order chi connectivity index (χ0) is 15.2. The molecule has 0 aliphatic carbocycles. The molecule has 21 heavy (non-hydrogen) atoms. The van der Waals surface area contributed by atoms with Crippen molar-refractivity contribution in [2.24, 2.45) is 5.92 Å². The Kier molecular flexibility index (Phi) is 5.52. The van der Waals surface area contributed by atoms with Gasteiger partial charge in [-0.3, -0.25) is 4.79 Å². The molecule has 0 aliphatic rings. The van der Waals surface area contributed by atoms with Crippen molar-refractivity contribution in [2.75, 3.05) is 6.54 Å². The molecule has 112 valence electrons. The molecule has 0 spiro atoms. The summed E-state index contributed by atoms with van der Waals surface area (Å²) in [5.41, 5.74) is 1.71. The summed E-state index contributed by atoms with van der Waals surface area (Å²) in [5, 5.41) is 4.76. The van der Waals surface area contributed by atoms with Crippen LogP contribution in [0.15, 0.2) is 39.4 Å². The van der Waals surface area contributed by atoms with Gasteiger partial charge in [-0.05, 0) is 42.8 Å². The minimum Gasteiger partial charge on any atom is -0.312 e. The van der Waals surface area contributed by atoms with Gasteiger partial charge in [-0.2, -0.15) is 0 Å². The third kappa shape index (κ3) is 5.32. The minimum absolute atomic E-state index is 0.139. The molecular formula is C15H20N4OS. The molecule has 2 N–H and O–H groups in total. The maximum Gasteiger partial charge on any atom is 0.251 e. The smallest absolute Gasteiger partial charge is 0.251 e. The van der Waals surface area contributed by atoms with Crippen LogP contribution in [0, 0.1) is 12.8 Å². The normalized spacial score (nSPS) is 11.0. The van der Waals surface area contributed by atoms with E-state index < -0.39 is 0 Å². The third-order valence-electron chi connectivity index (χ3n) is 2.73. The van der Waals surface area contributed by atoms with Crippen molar-refractivity contribution in [2.45, 2.75) is 37.5 Å². The van der Waals surface area contributed by atoms with Crippen LogP contribution in [0.4, 0.5) is 0 Å². The molecule has 0 radical (unpaired) electrons. The highest BCUT2D eigenvalue weighted by molar-refractivity contribution is 7.99.